The number of para-hydroxylation sites is 1. The summed E-state index contributed by atoms with van der Waals surface area (Å²) in [5, 5.41) is 23.4. The Morgan fingerprint density at radius 1 is 1.21 bits per heavy atom. The second-order valence-electron chi connectivity index (χ2n) is 9.66. The number of ether oxygens (including phenoxy) is 1. The van der Waals surface area contributed by atoms with Crippen molar-refractivity contribution < 1.29 is 24.5 Å². The zero-order valence-corrected chi connectivity index (χ0v) is 19.5. The Morgan fingerprint density at radius 3 is 2.61 bits per heavy atom. The van der Waals surface area contributed by atoms with Gasteiger partial charge in [-0.15, -0.1) is 0 Å². The van der Waals surface area contributed by atoms with Crippen molar-refractivity contribution in [3.05, 3.63) is 59.7 Å². The summed E-state index contributed by atoms with van der Waals surface area (Å²) < 4.78 is 6.52. The minimum Gasteiger partial charge on any atom is -0.396 e. The van der Waals surface area contributed by atoms with Gasteiger partial charge in [-0.1, -0.05) is 37.3 Å². The molecule has 4 atom stereocenters. The van der Waals surface area contributed by atoms with Crippen molar-refractivity contribution in [2.75, 3.05) is 16.8 Å². The van der Waals surface area contributed by atoms with Gasteiger partial charge in [-0.25, -0.2) is 0 Å². The lowest BCUT2D eigenvalue weighted by Crippen LogP contribution is -2.46. The number of fused-ring (bicyclic) bond motifs is 2. The summed E-state index contributed by atoms with van der Waals surface area (Å²) in [6, 6.07) is 15.0. The van der Waals surface area contributed by atoms with E-state index in [1.54, 1.807) is 18.7 Å². The Labute approximate surface area is 194 Å². The van der Waals surface area contributed by atoms with E-state index in [1.165, 1.54) is 6.92 Å². The molecule has 2 aliphatic heterocycles. The lowest BCUT2D eigenvalue weighted by atomic mass is 9.71. The fourth-order valence-electron chi connectivity index (χ4n) is 5.72. The van der Waals surface area contributed by atoms with E-state index in [9.17, 15) is 19.8 Å². The molecule has 176 valence electrons. The number of carbonyl (C=O) groups is 2. The van der Waals surface area contributed by atoms with Gasteiger partial charge in [0.1, 0.15) is 0 Å². The minimum absolute atomic E-state index is 0.0878. The molecule has 0 radical (unpaired) electrons. The van der Waals surface area contributed by atoms with Crippen LogP contribution in [-0.2, 0) is 26.5 Å². The molecule has 2 amide bonds. The lowest BCUT2D eigenvalue weighted by molar-refractivity contribution is -0.146. The van der Waals surface area contributed by atoms with Gasteiger partial charge in [0.2, 0.25) is 5.91 Å². The summed E-state index contributed by atoms with van der Waals surface area (Å²) in [6.07, 6.45) is -0.111. The normalized spacial score (nSPS) is 26.7. The first-order valence-electron chi connectivity index (χ1n) is 11.4. The molecular weight excluding hydrogens is 420 g/mol. The Balaban J connectivity index is 1.75. The van der Waals surface area contributed by atoms with Crippen molar-refractivity contribution in [2.45, 2.75) is 58.0 Å². The van der Waals surface area contributed by atoms with Gasteiger partial charge in [-0.05, 0) is 44.0 Å². The molecule has 0 aromatic heterocycles. The molecule has 2 heterocycles. The SMILES string of the molecule is CC(=O)Nc1cccc(CN2C(=O)[C@@]3(O[C@@H](CCO)[C@H](C(C)(C)O)[C@H]3C)c3ccccc32)c1. The average molecular weight is 453 g/mol. The first-order valence-corrected chi connectivity index (χ1v) is 11.4. The van der Waals surface area contributed by atoms with Gasteiger partial charge in [-0.3, -0.25) is 9.59 Å². The summed E-state index contributed by atoms with van der Waals surface area (Å²) in [6.45, 7) is 7.11. The summed E-state index contributed by atoms with van der Waals surface area (Å²) >= 11 is 0. The number of carbonyl (C=O) groups excluding carboxylic acids is 2. The number of nitrogens with zero attached hydrogens (tertiary/aromatic N) is 1. The molecule has 1 saturated heterocycles. The summed E-state index contributed by atoms with van der Waals surface area (Å²) in [7, 11) is 0. The predicted molar refractivity (Wildman–Crippen MR) is 126 cm³/mol. The topological polar surface area (TPSA) is 99.1 Å². The first-order chi connectivity index (χ1) is 15.6. The van der Waals surface area contributed by atoms with Crippen LogP contribution in [0.3, 0.4) is 0 Å². The van der Waals surface area contributed by atoms with Crippen molar-refractivity contribution in [1.82, 2.24) is 0 Å². The Morgan fingerprint density at radius 2 is 1.94 bits per heavy atom. The van der Waals surface area contributed by atoms with Crippen LogP contribution < -0.4 is 10.2 Å². The van der Waals surface area contributed by atoms with E-state index in [4.69, 9.17) is 4.74 Å². The highest BCUT2D eigenvalue weighted by molar-refractivity contribution is 6.07. The second kappa shape index (κ2) is 8.56. The number of rotatable bonds is 6. The van der Waals surface area contributed by atoms with Crippen LogP contribution in [0.25, 0.3) is 0 Å². The van der Waals surface area contributed by atoms with Crippen molar-refractivity contribution in [3.63, 3.8) is 0 Å². The minimum atomic E-state index is -1.23. The molecule has 2 aromatic carbocycles. The summed E-state index contributed by atoms with van der Waals surface area (Å²) in [4.78, 5) is 27.3. The quantitative estimate of drug-likeness (QED) is 0.625. The number of aliphatic hydroxyl groups excluding tert-OH is 1. The molecule has 2 aliphatic rings. The van der Waals surface area contributed by atoms with E-state index in [0.717, 1.165) is 16.8 Å². The number of nitrogens with one attached hydrogen (secondary N) is 1. The Hall–Kier alpha value is -2.74. The maximum Gasteiger partial charge on any atom is 0.264 e. The number of hydrogen-bond acceptors (Lipinski definition) is 5. The standard InChI is InChI=1S/C26H32N2O5/c1-16-23(25(3,4)32)22(12-13-29)33-26(16)20-10-5-6-11-21(20)28(24(26)31)15-18-8-7-9-19(14-18)27-17(2)30/h5-11,14,16,22-23,29,32H,12-13,15H2,1-4H3,(H,27,30)/t16-,22+,23-,26+/m1/s1. The van der Waals surface area contributed by atoms with E-state index >= 15 is 0 Å². The molecule has 3 N–H and O–H groups in total. The van der Waals surface area contributed by atoms with E-state index < -0.39 is 17.3 Å². The molecule has 2 aromatic rings. The Bertz CT molecular complexity index is 1060. The molecule has 7 heteroatoms. The number of anilines is 2. The zero-order valence-electron chi connectivity index (χ0n) is 19.5. The molecule has 0 unspecified atom stereocenters. The molecule has 0 aliphatic carbocycles. The lowest BCUT2D eigenvalue weighted by Gasteiger charge is -2.34. The summed E-state index contributed by atoms with van der Waals surface area (Å²) in [5.41, 5.74) is 0.797. The molecule has 1 spiro atoms. The van der Waals surface area contributed by atoms with Gasteiger partial charge in [0.15, 0.2) is 5.60 Å². The molecule has 7 nitrogen and oxygen atoms in total. The van der Waals surface area contributed by atoms with E-state index in [1.807, 2.05) is 55.5 Å². The number of benzene rings is 2. The fraction of sp³-hybridized carbons (Fsp3) is 0.462. The molecule has 1 fully saturated rings. The third-order valence-corrected chi connectivity index (χ3v) is 6.89. The number of hydrogen-bond donors (Lipinski definition) is 3. The van der Waals surface area contributed by atoms with E-state index in [0.29, 0.717) is 18.7 Å². The monoisotopic (exact) mass is 452 g/mol. The Kier molecular flexibility index (Phi) is 6.07. The van der Waals surface area contributed by atoms with Crippen molar-refractivity contribution in [2.24, 2.45) is 11.8 Å². The molecule has 4 rings (SSSR count). The first kappa shape index (κ1) is 23.4. The molecule has 0 saturated carbocycles. The van der Waals surface area contributed by atoms with Gasteiger partial charge < -0.3 is 25.2 Å². The van der Waals surface area contributed by atoms with Crippen LogP contribution in [0.15, 0.2) is 48.5 Å². The van der Waals surface area contributed by atoms with Crippen LogP contribution >= 0.6 is 0 Å². The van der Waals surface area contributed by atoms with Crippen LogP contribution in [0.4, 0.5) is 11.4 Å². The highest BCUT2D eigenvalue weighted by Crippen LogP contribution is 2.57. The van der Waals surface area contributed by atoms with Crippen molar-refractivity contribution >= 4 is 23.2 Å². The molecule has 33 heavy (non-hydrogen) atoms. The summed E-state index contributed by atoms with van der Waals surface area (Å²) in [5.74, 6) is -0.964. The van der Waals surface area contributed by atoms with Gasteiger partial charge in [-0.2, -0.15) is 0 Å². The van der Waals surface area contributed by atoms with Gasteiger partial charge in [0, 0.05) is 36.6 Å². The van der Waals surface area contributed by atoms with Crippen LogP contribution in [0, 0.1) is 11.8 Å². The number of amides is 2. The average Bonchev–Trinajstić information content (AvgIpc) is 3.16. The van der Waals surface area contributed by atoms with E-state index in [2.05, 4.69) is 5.32 Å². The van der Waals surface area contributed by atoms with Crippen molar-refractivity contribution in [3.8, 4) is 0 Å². The van der Waals surface area contributed by atoms with Crippen LogP contribution in [-0.4, -0.2) is 40.3 Å². The molecular formula is C26H32N2O5. The maximum atomic E-state index is 14.1. The second-order valence-corrected chi connectivity index (χ2v) is 9.66. The van der Waals surface area contributed by atoms with Crippen LogP contribution in [0.1, 0.15) is 45.2 Å². The van der Waals surface area contributed by atoms with Gasteiger partial charge >= 0.3 is 0 Å². The number of aliphatic hydroxyl groups is 2. The van der Waals surface area contributed by atoms with Gasteiger partial charge in [0.25, 0.3) is 5.91 Å². The zero-order chi connectivity index (χ0) is 24.0. The third-order valence-electron chi connectivity index (χ3n) is 6.89. The van der Waals surface area contributed by atoms with E-state index in [-0.39, 0.29) is 30.3 Å². The maximum absolute atomic E-state index is 14.1. The highest BCUT2D eigenvalue weighted by Gasteiger charge is 2.65. The highest BCUT2D eigenvalue weighted by atomic mass is 16.5. The predicted octanol–water partition coefficient (Wildman–Crippen LogP) is 3.19. The third kappa shape index (κ3) is 3.94. The van der Waals surface area contributed by atoms with Crippen molar-refractivity contribution in [1.29, 1.82) is 0 Å². The van der Waals surface area contributed by atoms with Gasteiger partial charge in [0.05, 0.1) is 23.9 Å². The van der Waals surface area contributed by atoms with Crippen LogP contribution in [0.5, 0.6) is 0 Å². The molecule has 0 bridgehead atoms. The fourth-order valence-corrected chi connectivity index (χ4v) is 5.72. The largest absolute Gasteiger partial charge is 0.396 e. The van der Waals surface area contributed by atoms with Crippen LogP contribution in [0.2, 0.25) is 0 Å². The smallest absolute Gasteiger partial charge is 0.264 e.